The van der Waals surface area contributed by atoms with Crippen LogP contribution in [0.1, 0.15) is 24.3 Å². The number of carbonyl (C=O) groups is 1. The van der Waals surface area contributed by atoms with E-state index < -0.39 is 0 Å². The third-order valence-corrected chi connectivity index (χ3v) is 3.70. The minimum absolute atomic E-state index is 0.102. The van der Waals surface area contributed by atoms with Gasteiger partial charge in [-0.2, -0.15) is 0 Å². The Morgan fingerprint density at radius 2 is 2.21 bits per heavy atom. The highest BCUT2D eigenvalue weighted by Crippen LogP contribution is 2.18. The molecule has 0 unspecified atom stereocenters. The first-order valence-electron chi connectivity index (χ1n) is 6.95. The molecule has 1 aliphatic heterocycles. The summed E-state index contributed by atoms with van der Waals surface area (Å²) < 4.78 is 0. The molecule has 2 atom stereocenters. The van der Waals surface area contributed by atoms with E-state index in [0.29, 0.717) is 13.0 Å². The fraction of sp³-hybridized carbons (Fsp3) is 0.533. The van der Waals surface area contributed by atoms with Crippen molar-refractivity contribution in [2.24, 2.45) is 5.92 Å². The molecule has 4 nitrogen and oxygen atoms in total. The average Bonchev–Trinajstić information content (AvgIpc) is 2.98. The second kappa shape index (κ2) is 7.26. The Hall–Kier alpha value is -1.39. The third-order valence-electron chi connectivity index (χ3n) is 3.70. The molecule has 1 heterocycles. The van der Waals surface area contributed by atoms with E-state index in [9.17, 15) is 4.79 Å². The normalized spacial score (nSPS) is 20.2. The van der Waals surface area contributed by atoms with Crippen LogP contribution in [-0.2, 0) is 4.79 Å². The molecule has 0 radical (unpaired) electrons. The summed E-state index contributed by atoms with van der Waals surface area (Å²) in [7, 11) is 0. The Kier molecular flexibility index (Phi) is 5.36. The van der Waals surface area contributed by atoms with Gasteiger partial charge in [0.15, 0.2) is 0 Å². The molecule has 0 bridgehead atoms. The first-order chi connectivity index (χ1) is 9.31. The topological polar surface area (TPSA) is 61.4 Å². The maximum absolute atomic E-state index is 12.0. The Bertz CT molecular complexity index is 388. The number of nitrogens with one attached hydrogen (secondary N) is 2. The number of rotatable bonds is 6. The molecule has 0 aliphatic carbocycles. The molecule has 4 heteroatoms. The van der Waals surface area contributed by atoms with Gasteiger partial charge >= 0.3 is 0 Å². The Morgan fingerprint density at radius 1 is 1.42 bits per heavy atom. The van der Waals surface area contributed by atoms with Crippen LogP contribution >= 0.6 is 0 Å². The highest BCUT2D eigenvalue weighted by atomic mass is 16.3. The van der Waals surface area contributed by atoms with E-state index in [1.165, 1.54) is 5.56 Å². The van der Waals surface area contributed by atoms with Crippen molar-refractivity contribution in [3.63, 3.8) is 0 Å². The molecular weight excluding hydrogens is 240 g/mol. The molecule has 104 valence electrons. The van der Waals surface area contributed by atoms with Crippen molar-refractivity contribution in [1.82, 2.24) is 10.6 Å². The van der Waals surface area contributed by atoms with Gasteiger partial charge in [-0.05, 0) is 24.9 Å². The van der Waals surface area contributed by atoms with Crippen LogP contribution < -0.4 is 10.6 Å². The van der Waals surface area contributed by atoms with E-state index >= 15 is 0 Å². The molecule has 1 aliphatic rings. The summed E-state index contributed by atoms with van der Waals surface area (Å²) in [6, 6.07) is 10.0. The van der Waals surface area contributed by atoms with Crippen molar-refractivity contribution in [3.05, 3.63) is 35.9 Å². The number of aliphatic hydroxyl groups is 1. The monoisotopic (exact) mass is 262 g/mol. The van der Waals surface area contributed by atoms with Gasteiger partial charge in [-0.25, -0.2) is 0 Å². The van der Waals surface area contributed by atoms with Gasteiger partial charge in [0, 0.05) is 25.6 Å². The van der Waals surface area contributed by atoms with Gasteiger partial charge in [0.2, 0.25) is 5.91 Å². The van der Waals surface area contributed by atoms with E-state index in [0.717, 1.165) is 19.5 Å². The van der Waals surface area contributed by atoms with Crippen molar-refractivity contribution >= 4 is 5.91 Å². The molecule has 0 spiro atoms. The molecule has 1 aromatic rings. The zero-order valence-electron chi connectivity index (χ0n) is 11.1. The summed E-state index contributed by atoms with van der Waals surface area (Å²) >= 11 is 0. The molecular formula is C15H22N2O2. The van der Waals surface area contributed by atoms with Crippen molar-refractivity contribution < 1.29 is 9.90 Å². The van der Waals surface area contributed by atoms with Gasteiger partial charge < -0.3 is 15.7 Å². The van der Waals surface area contributed by atoms with Gasteiger partial charge in [-0.15, -0.1) is 0 Å². The van der Waals surface area contributed by atoms with Crippen LogP contribution in [0.4, 0.5) is 0 Å². The van der Waals surface area contributed by atoms with Crippen LogP contribution in [0.15, 0.2) is 30.3 Å². The lowest BCUT2D eigenvalue weighted by Crippen LogP contribution is -2.35. The molecule has 0 saturated carbocycles. The first kappa shape index (κ1) is 14.0. The van der Waals surface area contributed by atoms with Gasteiger partial charge in [0.05, 0.1) is 5.92 Å². The zero-order chi connectivity index (χ0) is 13.5. The summed E-state index contributed by atoms with van der Waals surface area (Å²) in [5.41, 5.74) is 1.17. The standard InChI is InChI=1S/C15H22N2O2/c18-9-7-13(12-4-2-1-3-5-12)11-17-15(19)14-6-8-16-10-14/h1-5,13-14,16,18H,6-11H2,(H,17,19)/t13-,14-/m0/s1. The minimum atomic E-state index is 0.102. The number of benzene rings is 1. The van der Waals surface area contributed by atoms with Crippen LogP contribution in [0.2, 0.25) is 0 Å². The molecule has 3 N–H and O–H groups in total. The highest BCUT2D eigenvalue weighted by molar-refractivity contribution is 5.79. The lowest BCUT2D eigenvalue weighted by atomic mass is 9.95. The fourth-order valence-corrected chi connectivity index (χ4v) is 2.51. The van der Waals surface area contributed by atoms with Gasteiger partial charge in [0.1, 0.15) is 0 Å². The van der Waals surface area contributed by atoms with Crippen molar-refractivity contribution in [2.75, 3.05) is 26.2 Å². The SMILES string of the molecule is O=C(NC[C@H](CCO)c1ccccc1)[C@H]1CCNC1. The first-order valence-corrected chi connectivity index (χ1v) is 6.95. The Balaban J connectivity index is 1.88. The zero-order valence-corrected chi connectivity index (χ0v) is 11.1. The van der Waals surface area contributed by atoms with Crippen LogP contribution in [0.3, 0.4) is 0 Å². The van der Waals surface area contributed by atoms with E-state index in [-0.39, 0.29) is 24.3 Å². The maximum Gasteiger partial charge on any atom is 0.224 e. The van der Waals surface area contributed by atoms with Gasteiger partial charge in [0.25, 0.3) is 0 Å². The van der Waals surface area contributed by atoms with Crippen molar-refractivity contribution in [2.45, 2.75) is 18.8 Å². The molecule has 1 amide bonds. The second-order valence-electron chi connectivity index (χ2n) is 5.05. The predicted octanol–water partition coefficient (Wildman–Crippen LogP) is 0.878. The average molecular weight is 262 g/mol. The van der Waals surface area contributed by atoms with E-state index in [1.807, 2.05) is 30.3 Å². The molecule has 0 aromatic heterocycles. The van der Waals surface area contributed by atoms with Crippen LogP contribution in [-0.4, -0.2) is 37.3 Å². The van der Waals surface area contributed by atoms with Crippen LogP contribution in [0.5, 0.6) is 0 Å². The lowest BCUT2D eigenvalue weighted by Gasteiger charge is -2.18. The largest absolute Gasteiger partial charge is 0.396 e. The molecule has 19 heavy (non-hydrogen) atoms. The van der Waals surface area contributed by atoms with Crippen LogP contribution in [0.25, 0.3) is 0 Å². The summed E-state index contributed by atoms with van der Waals surface area (Å²) in [5, 5.41) is 15.4. The van der Waals surface area contributed by atoms with Crippen molar-refractivity contribution in [1.29, 1.82) is 0 Å². The third kappa shape index (κ3) is 4.04. The Labute approximate surface area is 114 Å². The molecule has 2 rings (SSSR count). The number of carbonyl (C=O) groups excluding carboxylic acids is 1. The quantitative estimate of drug-likeness (QED) is 0.713. The smallest absolute Gasteiger partial charge is 0.224 e. The summed E-state index contributed by atoms with van der Waals surface area (Å²) in [5.74, 6) is 0.416. The second-order valence-corrected chi connectivity index (χ2v) is 5.05. The van der Waals surface area contributed by atoms with Gasteiger partial charge in [-0.3, -0.25) is 4.79 Å². The van der Waals surface area contributed by atoms with E-state index in [1.54, 1.807) is 0 Å². The van der Waals surface area contributed by atoms with Crippen molar-refractivity contribution in [3.8, 4) is 0 Å². The van der Waals surface area contributed by atoms with E-state index in [2.05, 4.69) is 10.6 Å². The van der Waals surface area contributed by atoms with Gasteiger partial charge in [-0.1, -0.05) is 30.3 Å². The lowest BCUT2D eigenvalue weighted by molar-refractivity contribution is -0.124. The number of aliphatic hydroxyl groups excluding tert-OH is 1. The maximum atomic E-state index is 12.0. The summed E-state index contributed by atoms with van der Waals surface area (Å²) in [4.78, 5) is 12.0. The Morgan fingerprint density at radius 3 is 2.84 bits per heavy atom. The molecule has 1 saturated heterocycles. The number of hydrogen-bond donors (Lipinski definition) is 3. The number of hydrogen-bond acceptors (Lipinski definition) is 3. The number of amides is 1. The summed E-state index contributed by atoms with van der Waals surface area (Å²) in [6.45, 7) is 2.44. The molecule has 1 fully saturated rings. The minimum Gasteiger partial charge on any atom is -0.396 e. The van der Waals surface area contributed by atoms with E-state index in [4.69, 9.17) is 5.11 Å². The fourth-order valence-electron chi connectivity index (χ4n) is 2.51. The summed E-state index contributed by atoms with van der Waals surface area (Å²) in [6.07, 6.45) is 1.59. The molecule has 1 aromatic carbocycles. The van der Waals surface area contributed by atoms with Crippen LogP contribution in [0, 0.1) is 5.92 Å². The highest BCUT2D eigenvalue weighted by Gasteiger charge is 2.23. The predicted molar refractivity (Wildman–Crippen MR) is 74.9 cm³/mol.